The minimum Gasteiger partial charge on any atom is -0.388 e. The van der Waals surface area contributed by atoms with E-state index in [2.05, 4.69) is 24.8 Å². The number of aliphatic hydroxyl groups is 2. The number of anilines is 1. The van der Waals surface area contributed by atoms with Crippen molar-refractivity contribution in [3.05, 3.63) is 77.1 Å². The summed E-state index contributed by atoms with van der Waals surface area (Å²) in [5.74, 6) is -0.882. The number of nitrogens with zero attached hydrogens (tertiary/aromatic N) is 7. The molecule has 1 aromatic carbocycles. The maximum Gasteiger partial charge on any atom is 0.254 e. The lowest BCUT2D eigenvalue weighted by Crippen LogP contribution is -2.35. The molecule has 10 nitrogen and oxygen atoms in total. The van der Waals surface area contributed by atoms with Crippen molar-refractivity contribution < 1.29 is 23.8 Å². The standard InChI is InChI=1S/C28H29F2N7O3/c1-16-10-31-28(32-11-16)35-6-4-19(5-7-35)37-12-21(30)25-22(33-15-34-26(25)37)9-17-2-3-18(8-20(17)29)27(40)36-13-23(38)24(39)14-36/h2-3,8,10-12,15,19,23-24,38-39H,4-7,9,13-14H2,1H3/t23-,24-/m1/s1. The van der Waals surface area contributed by atoms with Gasteiger partial charge in [-0.3, -0.25) is 4.79 Å². The molecule has 208 valence electrons. The number of aryl methyl sites for hydroxylation is 1. The Bertz CT molecular complexity index is 1540. The molecule has 0 saturated carbocycles. The first-order valence-electron chi connectivity index (χ1n) is 13.3. The molecule has 12 heteroatoms. The van der Waals surface area contributed by atoms with Crippen LogP contribution in [-0.4, -0.2) is 83.9 Å². The van der Waals surface area contributed by atoms with Gasteiger partial charge in [-0.2, -0.15) is 0 Å². The van der Waals surface area contributed by atoms with E-state index in [1.165, 1.54) is 29.6 Å². The van der Waals surface area contributed by atoms with Crippen LogP contribution in [0.2, 0.25) is 0 Å². The summed E-state index contributed by atoms with van der Waals surface area (Å²) in [5.41, 5.74) is 2.18. The summed E-state index contributed by atoms with van der Waals surface area (Å²) in [5, 5.41) is 19.7. The number of hydrogen-bond donors (Lipinski definition) is 2. The normalized spacial score (nSPS) is 20.0. The van der Waals surface area contributed by atoms with Crippen LogP contribution in [0.5, 0.6) is 0 Å². The number of carbonyl (C=O) groups is 1. The van der Waals surface area contributed by atoms with Crippen LogP contribution in [0.25, 0.3) is 11.0 Å². The molecule has 2 fully saturated rings. The smallest absolute Gasteiger partial charge is 0.254 e. The zero-order chi connectivity index (χ0) is 28.0. The molecule has 4 aromatic rings. The Balaban J connectivity index is 1.20. The van der Waals surface area contributed by atoms with Crippen LogP contribution in [0.4, 0.5) is 14.7 Å². The van der Waals surface area contributed by atoms with E-state index in [0.717, 1.165) is 37.6 Å². The summed E-state index contributed by atoms with van der Waals surface area (Å²) in [6, 6.07) is 4.13. The number of aliphatic hydroxyl groups excluding tert-OH is 2. The largest absolute Gasteiger partial charge is 0.388 e. The van der Waals surface area contributed by atoms with Gasteiger partial charge < -0.3 is 24.6 Å². The number of halogens is 2. The van der Waals surface area contributed by atoms with E-state index in [0.29, 0.717) is 17.3 Å². The minimum atomic E-state index is -1.02. The molecule has 0 radical (unpaired) electrons. The Labute approximate surface area is 228 Å². The van der Waals surface area contributed by atoms with Gasteiger partial charge in [0.2, 0.25) is 5.95 Å². The fourth-order valence-electron chi connectivity index (χ4n) is 5.53. The fraction of sp³-hybridized carbons (Fsp3) is 0.393. The molecular formula is C28H29F2N7O3. The first-order valence-corrected chi connectivity index (χ1v) is 13.3. The first-order chi connectivity index (χ1) is 19.3. The number of piperidine rings is 1. The highest BCUT2D eigenvalue weighted by Gasteiger charge is 2.33. The van der Waals surface area contributed by atoms with E-state index in [1.54, 1.807) is 12.4 Å². The van der Waals surface area contributed by atoms with E-state index in [-0.39, 0.29) is 42.1 Å². The van der Waals surface area contributed by atoms with Crippen LogP contribution >= 0.6 is 0 Å². The summed E-state index contributed by atoms with van der Waals surface area (Å²) >= 11 is 0. The number of amides is 1. The second kappa shape index (κ2) is 10.5. The third kappa shape index (κ3) is 4.88. The maximum absolute atomic E-state index is 15.3. The molecule has 5 heterocycles. The summed E-state index contributed by atoms with van der Waals surface area (Å²) in [4.78, 5) is 33.6. The molecule has 2 aliphatic heterocycles. The monoisotopic (exact) mass is 549 g/mol. The van der Waals surface area contributed by atoms with E-state index >= 15 is 8.78 Å². The lowest BCUT2D eigenvalue weighted by atomic mass is 10.0. The van der Waals surface area contributed by atoms with Crippen LogP contribution in [0.3, 0.4) is 0 Å². The lowest BCUT2D eigenvalue weighted by Gasteiger charge is -2.32. The van der Waals surface area contributed by atoms with Gasteiger partial charge in [0.05, 0.1) is 23.3 Å². The average molecular weight is 550 g/mol. The van der Waals surface area contributed by atoms with Crippen molar-refractivity contribution >= 4 is 22.9 Å². The van der Waals surface area contributed by atoms with Gasteiger partial charge in [-0.25, -0.2) is 28.7 Å². The Morgan fingerprint density at radius 2 is 1.70 bits per heavy atom. The molecule has 2 aliphatic rings. The van der Waals surface area contributed by atoms with Gasteiger partial charge in [0, 0.05) is 62.8 Å². The third-order valence-corrected chi connectivity index (χ3v) is 7.75. The number of benzene rings is 1. The van der Waals surface area contributed by atoms with E-state index < -0.39 is 29.7 Å². The van der Waals surface area contributed by atoms with Gasteiger partial charge in [0.15, 0.2) is 5.82 Å². The molecular weight excluding hydrogens is 520 g/mol. The molecule has 1 amide bonds. The fourth-order valence-corrected chi connectivity index (χ4v) is 5.53. The predicted molar refractivity (Wildman–Crippen MR) is 142 cm³/mol. The highest BCUT2D eigenvalue weighted by molar-refractivity contribution is 5.94. The van der Waals surface area contributed by atoms with E-state index in [9.17, 15) is 15.0 Å². The summed E-state index contributed by atoms with van der Waals surface area (Å²) < 4.78 is 32.2. The molecule has 2 N–H and O–H groups in total. The Morgan fingerprint density at radius 3 is 2.38 bits per heavy atom. The van der Waals surface area contributed by atoms with Crippen molar-refractivity contribution in [1.82, 2.24) is 29.4 Å². The summed E-state index contributed by atoms with van der Waals surface area (Å²) in [7, 11) is 0. The van der Waals surface area contributed by atoms with Crippen molar-refractivity contribution in [2.75, 3.05) is 31.1 Å². The number of likely N-dealkylation sites (tertiary alicyclic amines) is 1. The SMILES string of the molecule is Cc1cnc(N2CCC(n3cc(F)c4c(Cc5ccc(C(=O)N6C[C@@H](O)[C@H](O)C6)cc5F)ncnc43)CC2)nc1. The van der Waals surface area contributed by atoms with Crippen LogP contribution in [0.15, 0.2) is 43.1 Å². The van der Waals surface area contributed by atoms with Gasteiger partial charge in [-0.05, 0) is 43.0 Å². The Hall–Kier alpha value is -4.03. The van der Waals surface area contributed by atoms with Gasteiger partial charge in [0.25, 0.3) is 5.91 Å². The first kappa shape index (κ1) is 26.2. The number of aromatic nitrogens is 5. The van der Waals surface area contributed by atoms with Crippen molar-refractivity contribution in [2.24, 2.45) is 0 Å². The van der Waals surface area contributed by atoms with E-state index in [1.807, 2.05) is 11.5 Å². The van der Waals surface area contributed by atoms with Crippen LogP contribution in [0, 0.1) is 18.6 Å². The number of hydrogen-bond acceptors (Lipinski definition) is 8. The minimum absolute atomic E-state index is 0.0166. The third-order valence-electron chi connectivity index (χ3n) is 7.75. The summed E-state index contributed by atoms with van der Waals surface area (Å²) in [6.07, 6.45) is 5.88. The quantitative estimate of drug-likeness (QED) is 0.390. The molecule has 0 aliphatic carbocycles. The second-order valence-electron chi connectivity index (χ2n) is 10.5. The van der Waals surface area contributed by atoms with Crippen molar-refractivity contribution in [2.45, 2.75) is 44.4 Å². The molecule has 2 saturated heterocycles. The molecule has 3 aromatic heterocycles. The lowest BCUT2D eigenvalue weighted by molar-refractivity contribution is 0.0572. The Kier molecular flexibility index (Phi) is 6.88. The number of carbonyl (C=O) groups excluding carboxylic acids is 1. The van der Waals surface area contributed by atoms with Crippen molar-refractivity contribution in [3.8, 4) is 0 Å². The van der Waals surface area contributed by atoms with Crippen molar-refractivity contribution in [3.63, 3.8) is 0 Å². The molecule has 0 unspecified atom stereocenters. The van der Waals surface area contributed by atoms with Crippen LogP contribution in [-0.2, 0) is 6.42 Å². The molecule has 0 bridgehead atoms. The molecule has 0 spiro atoms. The maximum atomic E-state index is 15.3. The molecule has 40 heavy (non-hydrogen) atoms. The second-order valence-corrected chi connectivity index (χ2v) is 10.5. The van der Waals surface area contributed by atoms with Gasteiger partial charge in [-0.1, -0.05) is 6.07 Å². The van der Waals surface area contributed by atoms with Gasteiger partial charge in [0.1, 0.15) is 17.8 Å². The van der Waals surface area contributed by atoms with Gasteiger partial charge in [-0.15, -0.1) is 0 Å². The van der Waals surface area contributed by atoms with Crippen molar-refractivity contribution in [1.29, 1.82) is 0 Å². The highest BCUT2D eigenvalue weighted by Crippen LogP contribution is 2.31. The van der Waals surface area contributed by atoms with Gasteiger partial charge >= 0.3 is 0 Å². The van der Waals surface area contributed by atoms with Crippen LogP contribution in [0.1, 0.15) is 46.1 Å². The van der Waals surface area contributed by atoms with Crippen LogP contribution < -0.4 is 4.90 Å². The summed E-state index contributed by atoms with van der Waals surface area (Å²) in [6.45, 7) is 3.35. The topological polar surface area (TPSA) is 121 Å². The number of β-amino-alcohol motifs (C(OH)–C–C–N with tert-alkyl or cyclic N) is 2. The number of fused-ring (bicyclic) bond motifs is 1. The molecule has 2 atom stereocenters. The predicted octanol–water partition coefficient (Wildman–Crippen LogP) is 2.42. The number of rotatable bonds is 5. The van der Waals surface area contributed by atoms with E-state index in [4.69, 9.17) is 0 Å². The zero-order valence-corrected chi connectivity index (χ0v) is 21.9. The molecule has 6 rings (SSSR count). The highest BCUT2D eigenvalue weighted by atomic mass is 19.1. The zero-order valence-electron chi connectivity index (χ0n) is 21.9. The average Bonchev–Trinajstić information content (AvgIpc) is 3.48. The Morgan fingerprint density at radius 1 is 1.00 bits per heavy atom.